The summed E-state index contributed by atoms with van der Waals surface area (Å²) in [5.74, 6) is -1.69. The van der Waals surface area contributed by atoms with Crippen molar-refractivity contribution in [3.05, 3.63) is 77.6 Å². The summed E-state index contributed by atoms with van der Waals surface area (Å²) in [5, 5.41) is 2.20. The van der Waals surface area contributed by atoms with E-state index in [1.807, 2.05) is 30.5 Å². The number of nitrogens with zero attached hydrogens (tertiary/aromatic N) is 2. The van der Waals surface area contributed by atoms with Crippen LogP contribution in [0.3, 0.4) is 0 Å². The van der Waals surface area contributed by atoms with E-state index in [0.29, 0.717) is 13.1 Å². The highest BCUT2D eigenvalue weighted by atomic mass is 19.1. The minimum atomic E-state index is -0.738. The second kappa shape index (κ2) is 6.83. The molecule has 2 aromatic carbocycles. The molecule has 1 amide bonds. The van der Waals surface area contributed by atoms with E-state index in [0.717, 1.165) is 47.5 Å². The van der Waals surface area contributed by atoms with Gasteiger partial charge in [-0.15, -0.1) is 0 Å². The molecule has 0 saturated carbocycles. The fourth-order valence-electron chi connectivity index (χ4n) is 3.59. The van der Waals surface area contributed by atoms with Gasteiger partial charge >= 0.3 is 0 Å². The molecule has 132 valence electrons. The van der Waals surface area contributed by atoms with Crippen LogP contribution in [0.5, 0.6) is 0 Å². The SMILES string of the molecule is O=C(c1cc(F)cc(F)c1)N1CCC[C@@H](c2cc3ccccc3cn2)C1. The summed E-state index contributed by atoms with van der Waals surface area (Å²) in [4.78, 5) is 18.9. The lowest BCUT2D eigenvalue weighted by Crippen LogP contribution is -2.39. The molecule has 5 heteroatoms. The first-order chi connectivity index (χ1) is 12.6. The number of hydrogen-bond donors (Lipinski definition) is 0. The fraction of sp³-hybridized carbons (Fsp3) is 0.238. The number of aromatic nitrogens is 1. The number of carbonyl (C=O) groups excluding carboxylic acids is 1. The normalized spacial score (nSPS) is 17.5. The molecule has 0 radical (unpaired) electrons. The maximum Gasteiger partial charge on any atom is 0.254 e. The topological polar surface area (TPSA) is 33.2 Å². The predicted molar refractivity (Wildman–Crippen MR) is 96.0 cm³/mol. The van der Waals surface area contributed by atoms with E-state index in [1.54, 1.807) is 4.90 Å². The van der Waals surface area contributed by atoms with Gasteiger partial charge in [0, 0.05) is 47.9 Å². The molecule has 0 unspecified atom stereocenters. The summed E-state index contributed by atoms with van der Waals surface area (Å²) < 4.78 is 26.8. The first-order valence-electron chi connectivity index (χ1n) is 8.70. The molecule has 0 bridgehead atoms. The molecule has 2 heterocycles. The van der Waals surface area contributed by atoms with Crippen LogP contribution in [0.25, 0.3) is 10.8 Å². The van der Waals surface area contributed by atoms with E-state index in [-0.39, 0.29) is 17.4 Å². The summed E-state index contributed by atoms with van der Waals surface area (Å²) in [6.45, 7) is 1.09. The van der Waals surface area contributed by atoms with Crippen LogP contribution in [0.15, 0.2) is 54.7 Å². The highest BCUT2D eigenvalue weighted by Crippen LogP contribution is 2.28. The molecule has 1 fully saturated rings. The number of rotatable bonds is 2. The van der Waals surface area contributed by atoms with Crippen LogP contribution >= 0.6 is 0 Å². The highest BCUT2D eigenvalue weighted by molar-refractivity contribution is 5.94. The first-order valence-corrected chi connectivity index (χ1v) is 8.70. The van der Waals surface area contributed by atoms with Gasteiger partial charge in [0.2, 0.25) is 0 Å². The third-order valence-electron chi connectivity index (χ3n) is 4.89. The second-order valence-corrected chi connectivity index (χ2v) is 6.70. The number of halogens is 2. The van der Waals surface area contributed by atoms with Crippen molar-refractivity contribution in [1.82, 2.24) is 9.88 Å². The minimum Gasteiger partial charge on any atom is -0.338 e. The summed E-state index contributed by atoms with van der Waals surface area (Å²) in [6.07, 6.45) is 3.63. The lowest BCUT2D eigenvalue weighted by atomic mass is 9.93. The minimum absolute atomic E-state index is 0.0506. The molecule has 0 N–H and O–H groups in total. The van der Waals surface area contributed by atoms with Gasteiger partial charge in [0.25, 0.3) is 5.91 Å². The first kappa shape index (κ1) is 16.6. The van der Waals surface area contributed by atoms with E-state index in [4.69, 9.17) is 0 Å². The number of amides is 1. The molecular formula is C21H18F2N2O. The summed E-state index contributed by atoms with van der Waals surface area (Å²) in [5.41, 5.74) is 1.00. The lowest BCUT2D eigenvalue weighted by Gasteiger charge is -2.32. The Labute approximate surface area is 150 Å². The van der Waals surface area contributed by atoms with E-state index in [9.17, 15) is 13.6 Å². The Balaban J connectivity index is 1.57. The second-order valence-electron chi connectivity index (χ2n) is 6.70. The maximum atomic E-state index is 13.4. The Hall–Kier alpha value is -2.82. The average molecular weight is 352 g/mol. The third-order valence-corrected chi connectivity index (χ3v) is 4.89. The zero-order valence-electron chi connectivity index (χ0n) is 14.2. The van der Waals surface area contributed by atoms with Crippen molar-refractivity contribution < 1.29 is 13.6 Å². The zero-order chi connectivity index (χ0) is 18.1. The van der Waals surface area contributed by atoms with E-state index < -0.39 is 11.6 Å². The molecule has 3 aromatic rings. The van der Waals surface area contributed by atoms with E-state index >= 15 is 0 Å². The number of benzene rings is 2. The van der Waals surface area contributed by atoms with Crippen molar-refractivity contribution in [2.24, 2.45) is 0 Å². The van der Waals surface area contributed by atoms with Crippen molar-refractivity contribution in [1.29, 1.82) is 0 Å². The van der Waals surface area contributed by atoms with Gasteiger partial charge in [0.1, 0.15) is 11.6 Å². The quantitative estimate of drug-likeness (QED) is 0.679. The van der Waals surface area contributed by atoms with Gasteiger partial charge in [0.15, 0.2) is 0 Å². The third kappa shape index (κ3) is 3.29. The van der Waals surface area contributed by atoms with Gasteiger partial charge < -0.3 is 4.90 Å². The summed E-state index contributed by atoms with van der Waals surface area (Å²) >= 11 is 0. The smallest absolute Gasteiger partial charge is 0.254 e. The molecule has 0 spiro atoms. The summed E-state index contributed by atoms with van der Waals surface area (Å²) in [6, 6.07) is 13.0. The fourth-order valence-corrected chi connectivity index (χ4v) is 3.59. The standard InChI is InChI=1S/C21H18F2N2O/c22-18-8-17(9-19(23)11-18)21(26)25-7-3-6-16(13-25)20-10-14-4-1-2-5-15(14)12-24-20/h1-2,4-5,8-12,16H,3,6-7,13H2/t16-/m1/s1. The van der Waals surface area contributed by atoms with Gasteiger partial charge in [-0.1, -0.05) is 24.3 Å². The van der Waals surface area contributed by atoms with Crippen molar-refractivity contribution in [3.8, 4) is 0 Å². The van der Waals surface area contributed by atoms with Crippen molar-refractivity contribution in [3.63, 3.8) is 0 Å². The number of carbonyl (C=O) groups is 1. The molecule has 1 aliphatic heterocycles. The molecule has 1 atom stereocenters. The van der Waals surface area contributed by atoms with Crippen molar-refractivity contribution in [2.75, 3.05) is 13.1 Å². The van der Waals surface area contributed by atoms with E-state index in [1.165, 1.54) is 0 Å². The molecule has 3 nitrogen and oxygen atoms in total. The Morgan fingerprint density at radius 3 is 2.54 bits per heavy atom. The Morgan fingerprint density at radius 2 is 1.77 bits per heavy atom. The van der Waals surface area contributed by atoms with Crippen molar-refractivity contribution in [2.45, 2.75) is 18.8 Å². The average Bonchev–Trinajstić information content (AvgIpc) is 2.66. The Bertz CT molecular complexity index is 953. The van der Waals surface area contributed by atoms with Crippen LogP contribution in [0.2, 0.25) is 0 Å². The van der Waals surface area contributed by atoms with Crippen LogP contribution < -0.4 is 0 Å². The lowest BCUT2D eigenvalue weighted by molar-refractivity contribution is 0.0705. The van der Waals surface area contributed by atoms with Crippen LogP contribution in [0.4, 0.5) is 8.78 Å². The number of piperidine rings is 1. The van der Waals surface area contributed by atoms with Crippen molar-refractivity contribution >= 4 is 16.7 Å². The van der Waals surface area contributed by atoms with Crippen LogP contribution in [0.1, 0.15) is 34.8 Å². The molecule has 1 saturated heterocycles. The molecular weight excluding hydrogens is 334 g/mol. The molecule has 26 heavy (non-hydrogen) atoms. The van der Waals surface area contributed by atoms with Crippen LogP contribution in [-0.2, 0) is 0 Å². The summed E-state index contributed by atoms with van der Waals surface area (Å²) in [7, 11) is 0. The predicted octanol–water partition coefficient (Wildman–Crippen LogP) is 4.53. The largest absolute Gasteiger partial charge is 0.338 e. The van der Waals surface area contributed by atoms with Gasteiger partial charge in [-0.05, 0) is 36.4 Å². The molecule has 1 aromatic heterocycles. The van der Waals surface area contributed by atoms with Gasteiger partial charge in [-0.3, -0.25) is 9.78 Å². The van der Waals surface area contributed by atoms with E-state index in [2.05, 4.69) is 11.1 Å². The Morgan fingerprint density at radius 1 is 1.04 bits per heavy atom. The maximum absolute atomic E-state index is 13.4. The van der Waals surface area contributed by atoms with Gasteiger partial charge in [0.05, 0.1) is 0 Å². The van der Waals surface area contributed by atoms with Gasteiger partial charge in [-0.2, -0.15) is 0 Å². The Kier molecular flexibility index (Phi) is 4.37. The molecule has 0 aliphatic carbocycles. The number of hydrogen-bond acceptors (Lipinski definition) is 2. The number of likely N-dealkylation sites (tertiary alicyclic amines) is 1. The van der Waals surface area contributed by atoms with Crippen LogP contribution in [-0.4, -0.2) is 28.9 Å². The zero-order valence-corrected chi connectivity index (χ0v) is 14.2. The van der Waals surface area contributed by atoms with Gasteiger partial charge in [-0.25, -0.2) is 8.78 Å². The number of pyridine rings is 1. The highest BCUT2D eigenvalue weighted by Gasteiger charge is 2.27. The number of fused-ring (bicyclic) bond motifs is 1. The molecule has 1 aliphatic rings. The van der Waals surface area contributed by atoms with Crippen LogP contribution in [0, 0.1) is 11.6 Å². The molecule has 4 rings (SSSR count). The monoisotopic (exact) mass is 352 g/mol.